The number of benzene rings is 1. The first-order valence-corrected chi connectivity index (χ1v) is 8.59. The zero-order valence-electron chi connectivity index (χ0n) is 13.4. The van der Waals surface area contributed by atoms with Crippen molar-refractivity contribution in [2.24, 2.45) is 0 Å². The molecular weight excluding hydrogens is 276 g/mol. The predicted octanol–water partition coefficient (Wildman–Crippen LogP) is 4.64. The molecule has 0 aliphatic heterocycles. The Kier molecular flexibility index (Phi) is 4.42. The maximum absolute atomic E-state index is 12.0. The number of carboxylic acids is 1. The lowest BCUT2D eigenvalue weighted by Gasteiger charge is -2.29. The number of rotatable bonds is 4. The molecule has 0 bridgehead atoms. The Morgan fingerprint density at radius 1 is 1.14 bits per heavy atom. The van der Waals surface area contributed by atoms with Gasteiger partial charge in [0.1, 0.15) is 5.75 Å². The molecule has 3 heteroatoms. The molecule has 0 saturated heterocycles. The molecule has 0 atom stereocenters. The smallest absolute Gasteiger partial charge is 0.314 e. The summed E-state index contributed by atoms with van der Waals surface area (Å²) < 4.78 is 5.51. The fourth-order valence-electron chi connectivity index (χ4n) is 4.37. The van der Waals surface area contributed by atoms with Gasteiger partial charge in [-0.2, -0.15) is 0 Å². The molecule has 2 fully saturated rings. The Morgan fingerprint density at radius 2 is 1.82 bits per heavy atom. The van der Waals surface area contributed by atoms with E-state index in [1.54, 1.807) is 7.11 Å². The summed E-state index contributed by atoms with van der Waals surface area (Å²) in [4.78, 5) is 12.0. The highest BCUT2D eigenvalue weighted by molar-refractivity contribution is 5.83. The van der Waals surface area contributed by atoms with Gasteiger partial charge in [-0.3, -0.25) is 4.79 Å². The third-order valence-corrected chi connectivity index (χ3v) is 5.68. The second-order valence-electron chi connectivity index (χ2n) is 6.89. The lowest BCUT2D eigenvalue weighted by atomic mass is 9.75. The third-order valence-electron chi connectivity index (χ3n) is 5.68. The van der Waals surface area contributed by atoms with Gasteiger partial charge in [-0.05, 0) is 43.2 Å². The van der Waals surface area contributed by atoms with E-state index in [0.29, 0.717) is 5.92 Å². The highest BCUT2D eigenvalue weighted by Gasteiger charge is 2.45. The molecule has 120 valence electrons. The second kappa shape index (κ2) is 6.31. The van der Waals surface area contributed by atoms with Crippen molar-refractivity contribution in [2.45, 2.75) is 69.1 Å². The first-order valence-electron chi connectivity index (χ1n) is 8.59. The minimum atomic E-state index is -0.740. The summed E-state index contributed by atoms with van der Waals surface area (Å²) in [5.41, 5.74) is 1.47. The molecule has 2 saturated carbocycles. The van der Waals surface area contributed by atoms with Crippen LogP contribution in [0.25, 0.3) is 0 Å². The molecular formula is C19H26O3. The molecule has 1 aromatic carbocycles. The number of ether oxygens (including phenoxy) is 1. The number of carboxylic acid groups (broad SMARTS) is 1. The second-order valence-corrected chi connectivity index (χ2v) is 6.89. The van der Waals surface area contributed by atoms with Crippen molar-refractivity contribution < 1.29 is 14.6 Å². The standard InChI is InChI=1S/C19H26O3/c1-22-17-10-9-15(14-7-3-2-4-8-14)13-16(17)19(18(20)21)11-5-6-12-19/h9-10,13-14H,2-8,11-12H2,1H3,(H,20,21). The molecule has 0 aromatic heterocycles. The Hall–Kier alpha value is -1.51. The zero-order valence-corrected chi connectivity index (χ0v) is 13.4. The Balaban J connectivity index is 2.02. The molecule has 0 spiro atoms. The van der Waals surface area contributed by atoms with Crippen molar-refractivity contribution in [3.05, 3.63) is 29.3 Å². The largest absolute Gasteiger partial charge is 0.496 e. The quantitative estimate of drug-likeness (QED) is 0.881. The highest BCUT2D eigenvalue weighted by Crippen LogP contribution is 2.46. The van der Waals surface area contributed by atoms with E-state index in [-0.39, 0.29) is 0 Å². The molecule has 0 amide bonds. The van der Waals surface area contributed by atoms with E-state index in [1.807, 2.05) is 6.07 Å². The molecule has 1 aromatic rings. The molecule has 0 radical (unpaired) electrons. The van der Waals surface area contributed by atoms with Crippen LogP contribution in [0.15, 0.2) is 18.2 Å². The molecule has 0 unspecified atom stereocenters. The summed E-state index contributed by atoms with van der Waals surface area (Å²) in [6, 6.07) is 6.28. The highest BCUT2D eigenvalue weighted by atomic mass is 16.5. The van der Waals surface area contributed by atoms with Crippen LogP contribution in [-0.2, 0) is 10.2 Å². The van der Waals surface area contributed by atoms with Gasteiger partial charge in [0.05, 0.1) is 12.5 Å². The number of carbonyl (C=O) groups is 1. The van der Waals surface area contributed by atoms with E-state index in [4.69, 9.17) is 4.74 Å². The van der Waals surface area contributed by atoms with E-state index in [1.165, 1.54) is 37.7 Å². The summed E-state index contributed by atoms with van der Waals surface area (Å²) in [6.07, 6.45) is 9.80. The summed E-state index contributed by atoms with van der Waals surface area (Å²) in [6.45, 7) is 0. The van der Waals surface area contributed by atoms with Gasteiger partial charge < -0.3 is 9.84 Å². The summed E-state index contributed by atoms with van der Waals surface area (Å²) in [5.74, 6) is 0.638. The first-order chi connectivity index (χ1) is 10.7. The fourth-order valence-corrected chi connectivity index (χ4v) is 4.37. The van der Waals surface area contributed by atoms with Crippen molar-refractivity contribution in [1.29, 1.82) is 0 Å². The summed E-state index contributed by atoms with van der Waals surface area (Å²) in [7, 11) is 1.64. The average Bonchev–Trinajstić information content (AvgIpc) is 3.06. The van der Waals surface area contributed by atoms with Crippen LogP contribution in [0.4, 0.5) is 0 Å². The van der Waals surface area contributed by atoms with E-state index in [0.717, 1.165) is 37.0 Å². The SMILES string of the molecule is COc1ccc(C2CCCCC2)cc1C1(C(=O)O)CCCC1. The topological polar surface area (TPSA) is 46.5 Å². The Morgan fingerprint density at radius 3 is 2.41 bits per heavy atom. The molecule has 3 rings (SSSR count). The average molecular weight is 302 g/mol. The molecule has 2 aliphatic rings. The Labute approximate surface area is 132 Å². The fraction of sp³-hybridized carbons (Fsp3) is 0.632. The van der Waals surface area contributed by atoms with Crippen molar-refractivity contribution in [2.75, 3.05) is 7.11 Å². The van der Waals surface area contributed by atoms with Gasteiger partial charge in [0.15, 0.2) is 0 Å². The van der Waals surface area contributed by atoms with Crippen molar-refractivity contribution >= 4 is 5.97 Å². The number of hydrogen-bond acceptors (Lipinski definition) is 2. The monoisotopic (exact) mass is 302 g/mol. The number of aliphatic carboxylic acids is 1. The third kappa shape index (κ3) is 2.62. The van der Waals surface area contributed by atoms with Crippen LogP contribution >= 0.6 is 0 Å². The van der Waals surface area contributed by atoms with Gasteiger partial charge in [-0.25, -0.2) is 0 Å². The van der Waals surface area contributed by atoms with Crippen molar-refractivity contribution in [3.63, 3.8) is 0 Å². The van der Waals surface area contributed by atoms with Crippen molar-refractivity contribution in [1.82, 2.24) is 0 Å². The molecule has 3 nitrogen and oxygen atoms in total. The van der Waals surface area contributed by atoms with Crippen LogP contribution in [0.5, 0.6) is 5.75 Å². The molecule has 2 aliphatic carbocycles. The maximum Gasteiger partial charge on any atom is 0.314 e. The minimum Gasteiger partial charge on any atom is -0.496 e. The molecule has 1 N–H and O–H groups in total. The molecule has 0 heterocycles. The van der Waals surface area contributed by atoms with Crippen LogP contribution in [0, 0.1) is 0 Å². The van der Waals surface area contributed by atoms with Gasteiger partial charge in [0, 0.05) is 5.56 Å². The van der Waals surface area contributed by atoms with Crippen LogP contribution in [-0.4, -0.2) is 18.2 Å². The lowest BCUT2D eigenvalue weighted by Crippen LogP contribution is -2.33. The van der Waals surface area contributed by atoms with Gasteiger partial charge >= 0.3 is 5.97 Å². The van der Waals surface area contributed by atoms with E-state index < -0.39 is 11.4 Å². The van der Waals surface area contributed by atoms with E-state index in [9.17, 15) is 9.90 Å². The van der Waals surface area contributed by atoms with Crippen LogP contribution in [0.3, 0.4) is 0 Å². The van der Waals surface area contributed by atoms with E-state index >= 15 is 0 Å². The summed E-state index contributed by atoms with van der Waals surface area (Å²) >= 11 is 0. The van der Waals surface area contributed by atoms with Gasteiger partial charge in [-0.1, -0.05) is 44.2 Å². The van der Waals surface area contributed by atoms with Gasteiger partial charge in [0.25, 0.3) is 0 Å². The molecule has 22 heavy (non-hydrogen) atoms. The van der Waals surface area contributed by atoms with Gasteiger partial charge in [0.2, 0.25) is 0 Å². The minimum absolute atomic E-state index is 0.589. The Bertz CT molecular complexity index is 538. The van der Waals surface area contributed by atoms with Crippen LogP contribution in [0.2, 0.25) is 0 Å². The van der Waals surface area contributed by atoms with Crippen LogP contribution in [0.1, 0.15) is 74.8 Å². The van der Waals surface area contributed by atoms with Gasteiger partial charge in [-0.15, -0.1) is 0 Å². The lowest BCUT2D eigenvalue weighted by molar-refractivity contribution is -0.143. The number of methoxy groups -OCH3 is 1. The van der Waals surface area contributed by atoms with Crippen LogP contribution < -0.4 is 4.74 Å². The zero-order chi connectivity index (χ0) is 15.6. The normalized spacial score (nSPS) is 21.7. The van der Waals surface area contributed by atoms with Crippen molar-refractivity contribution in [3.8, 4) is 5.75 Å². The first kappa shape index (κ1) is 15.4. The summed E-state index contributed by atoms with van der Waals surface area (Å²) in [5, 5.41) is 9.88. The van der Waals surface area contributed by atoms with E-state index in [2.05, 4.69) is 12.1 Å². The predicted molar refractivity (Wildman–Crippen MR) is 86.6 cm³/mol. The maximum atomic E-state index is 12.0. The number of hydrogen-bond donors (Lipinski definition) is 1.